The first kappa shape index (κ1) is 16.9. The van der Waals surface area contributed by atoms with E-state index in [2.05, 4.69) is 50.2 Å². The van der Waals surface area contributed by atoms with Crippen LogP contribution in [0.3, 0.4) is 0 Å². The number of amides is 1. The number of hydrogen-bond donors (Lipinski definition) is 2. The van der Waals surface area contributed by atoms with Crippen LogP contribution in [-0.2, 0) is 16.9 Å². The van der Waals surface area contributed by atoms with Crippen LogP contribution in [0, 0.1) is 0 Å². The Morgan fingerprint density at radius 1 is 1.14 bits per heavy atom. The third-order valence-electron chi connectivity index (χ3n) is 5.58. The summed E-state index contributed by atoms with van der Waals surface area (Å²) in [7, 11) is 0. The Morgan fingerprint density at radius 3 is 2.82 bits per heavy atom. The molecule has 1 amide bonds. The van der Waals surface area contributed by atoms with Crippen LogP contribution in [0.4, 0.5) is 11.6 Å². The standard InChI is InChI=1S/C20H20N6O2/c27-18(14-5-3-6-16(12-14)21-19-22-24-25-23-19)26-10-8-20(9-11-26)17-7-2-1-4-15(17)13-28-20/h1-7,12H,8-11,13H2,(H2,21,22,23,24,25). The van der Waals surface area contributed by atoms with Crippen molar-refractivity contribution in [2.45, 2.75) is 25.0 Å². The summed E-state index contributed by atoms with van der Waals surface area (Å²) in [5, 5.41) is 16.7. The molecule has 8 nitrogen and oxygen atoms in total. The van der Waals surface area contributed by atoms with Crippen molar-refractivity contribution in [1.82, 2.24) is 25.5 Å². The highest BCUT2D eigenvalue weighted by atomic mass is 16.5. The number of carbonyl (C=O) groups excluding carboxylic acids is 1. The highest BCUT2D eigenvalue weighted by Gasteiger charge is 2.43. The van der Waals surface area contributed by atoms with Crippen molar-refractivity contribution in [2.24, 2.45) is 0 Å². The van der Waals surface area contributed by atoms with Crippen LogP contribution in [0.5, 0.6) is 0 Å². The molecule has 2 N–H and O–H groups in total. The Labute approximate surface area is 161 Å². The van der Waals surface area contributed by atoms with Gasteiger partial charge < -0.3 is 15.0 Å². The quantitative estimate of drug-likeness (QED) is 0.729. The second-order valence-corrected chi connectivity index (χ2v) is 7.17. The monoisotopic (exact) mass is 376 g/mol. The fourth-order valence-electron chi connectivity index (χ4n) is 4.13. The molecule has 28 heavy (non-hydrogen) atoms. The average molecular weight is 376 g/mol. The number of piperidine rings is 1. The van der Waals surface area contributed by atoms with Crippen LogP contribution in [0.2, 0.25) is 0 Å². The summed E-state index contributed by atoms with van der Waals surface area (Å²) in [6.07, 6.45) is 1.63. The van der Waals surface area contributed by atoms with Gasteiger partial charge in [0, 0.05) is 24.3 Å². The number of likely N-dealkylation sites (tertiary alicyclic amines) is 1. The largest absolute Gasteiger partial charge is 0.365 e. The van der Waals surface area contributed by atoms with Crippen LogP contribution in [0.15, 0.2) is 48.5 Å². The van der Waals surface area contributed by atoms with Gasteiger partial charge in [-0.1, -0.05) is 35.4 Å². The number of ether oxygens (including phenoxy) is 1. The van der Waals surface area contributed by atoms with E-state index in [1.54, 1.807) is 0 Å². The lowest BCUT2D eigenvalue weighted by Gasteiger charge is -2.39. The van der Waals surface area contributed by atoms with Crippen LogP contribution < -0.4 is 5.32 Å². The molecule has 0 atom stereocenters. The first-order chi connectivity index (χ1) is 13.7. The Balaban J connectivity index is 1.29. The van der Waals surface area contributed by atoms with Gasteiger partial charge in [-0.05, 0) is 47.4 Å². The summed E-state index contributed by atoms with van der Waals surface area (Å²) in [6.45, 7) is 2.01. The molecule has 2 aromatic carbocycles. The molecule has 3 heterocycles. The molecule has 1 spiro atoms. The third kappa shape index (κ3) is 2.91. The number of nitrogens with one attached hydrogen (secondary N) is 2. The van der Waals surface area contributed by atoms with Gasteiger partial charge in [0.15, 0.2) is 0 Å². The van der Waals surface area contributed by atoms with E-state index in [-0.39, 0.29) is 11.5 Å². The molecule has 0 aliphatic carbocycles. The molecular weight excluding hydrogens is 356 g/mol. The number of anilines is 2. The zero-order valence-electron chi connectivity index (χ0n) is 15.3. The molecule has 2 aliphatic rings. The minimum Gasteiger partial charge on any atom is -0.365 e. The van der Waals surface area contributed by atoms with Crippen LogP contribution in [-0.4, -0.2) is 44.5 Å². The van der Waals surface area contributed by atoms with E-state index in [0.29, 0.717) is 31.2 Å². The smallest absolute Gasteiger partial charge is 0.267 e. The molecule has 5 rings (SSSR count). The molecule has 0 radical (unpaired) electrons. The topological polar surface area (TPSA) is 96.0 Å². The predicted octanol–water partition coefficient (Wildman–Crippen LogP) is 2.61. The highest BCUT2D eigenvalue weighted by molar-refractivity contribution is 5.95. The number of rotatable bonds is 3. The highest BCUT2D eigenvalue weighted by Crippen LogP contribution is 2.44. The van der Waals surface area contributed by atoms with Crippen molar-refractivity contribution in [3.05, 3.63) is 65.2 Å². The van der Waals surface area contributed by atoms with Gasteiger partial charge in [0.05, 0.1) is 12.2 Å². The van der Waals surface area contributed by atoms with Crippen LogP contribution in [0.1, 0.15) is 34.3 Å². The number of benzene rings is 2. The summed E-state index contributed by atoms with van der Waals surface area (Å²) in [5.41, 5.74) is 3.69. The molecule has 142 valence electrons. The number of carbonyl (C=O) groups is 1. The van der Waals surface area contributed by atoms with Crippen molar-refractivity contribution in [3.63, 3.8) is 0 Å². The normalized spacial score (nSPS) is 17.5. The Kier molecular flexibility index (Phi) is 4.05. The number of tetrazole rings is 1. The first-order valence-electron chi connectivity index (χ1n) is 9.36. The molecule has 1 saturated heterocycles. The van der Waals surface area contributed by atoms with Crippen molar-refractivity contribution in [3.8, 4) is 0 Å². The van der Waals surface area contributed by atoms with Crippen molar-refractivity contribution < 1.29 is 9.53 Å². The zero-order chi connectivity index (χ0) is 19.0. The zero-order valence-corrected chi connectivity index (χ0v) is 15.3. The van der Waals surface area contributed by atoms with E-state index in [4.69, 9.17) is 4.74 Å². The van der Waals surface area contributed by atoms with Gasteiger partial charge in [0.1, 0.15) is 0 Å². The first-order valence-corrected chi connectivity index (χ1v) is 9.36. The lowest BCUT2D eigenvalue weighted by atomic mass is 9.83. The van der Waals surface area contributed by atoms with E-state index in [9.17, 15) is 4.79 Å². The van der Waals surface area contributed by atoms with E-state index in [0.717, 1.165) is 18.5 Å². The van der Waals surface area contributed by atoms with Gasteiger partial charge in [0.2, 0.25) is 0 Å². The summed E-state index contributed by atoms with van der Waals surface area (Å²) in [4.78, 5) is 14.9. The molecule has 0 saturated carbocycles. The number of aromatic nitrogens is 4. The average Bonchev–Trinajstić information content (AvgIpc) is 3.37. The van der Waals surface area contributed by atoms with Gasteiger partial charge in [-0.25, -0.2) is 0 Å². The predicted molar refractivity (Wildman–Crippen MR) is 102 cm³/mol. The molecule has 8 heteroatoms. The van der Waals surface area contributed by atoms with E-state index < -0.39 is 0 Å². The Hall–Kier alpha value is -3.26. The van der Waals surface area contributed by atoms with Crippen molar-refractivity contribution in [2.75, 3.05) is 18.4 Å². The number of nitrogens with zero attached hydrogens (tertiary/aromatic N) is 4. The lowest BCUT2D eigenvalue weighted by Crippen LogP contribution is -2.45. The van der Waals surface area contributed by atoms with Crippen molar-refractivity contribution in [1.29, 1.82) is 0 Å². The maximum Gasteiger partial charge on any atom is 0.267 e. The summed E-state index contributed by atoms with van der Waals surface area (Å²) in [5.74, 6) is 0.388. The van der Waals surface area contributed by atoms with Gasteiger partial charge in [-0.15, -0.1) is 5.10 Å². The van der Waals surface area contributed by atoms with E-state index in [1.807, 2.05) is 29.2 Å². The van der Waals surface area contributed by atoms with E-state index >= 15 is 0 Å². The minimum absolute atomic E-state index is 0.0258. The van der Waals surface area contributed by atoms with E-state index in [1.165, 1.54) is 11.1 Å². The van der Waals surface area contributed by atoms with Gasteiger partial charge >= 0.3 is 0 Å². The van der Waals surface area contributed by atoms with Crippen LogP contribution in [0.25, 0.3) is 0 Å². The number of aromatic amines is 1. The number of fused-ring (bicyclic) bond motifs is 2. The van der Waals surface area contributed by atoms with Gasteiger partial charge in [-0.2, -0.15) is 5.21 Å². The summed E-state index contributed by atoms with van der Waals surface area (Å²) < 4.78 is 6.19. The summed E-state index contributed by atoms with van der Waals surface area (Å²) in [6, 6.07) is 15.8. The maximum atomic E-state index is 13.0. The number of hydrogen-bond acceptors (Lipinski definition) is 6. The van der Waals surface area contributed by atoms with Crippen LogP contribution >= 0.6 is 0 Å². The number of H-pyrrole nitrogens is 1. The second-order valence-electron chi connectivity index (χ2n) is 7.17. The molecule has 1 fully saturated rings. The molecule has 3 aromatic rings. The SMILES string of the molecule is O=C(c1cccc(Nc2nn[nH]n2)c1)N1CCC2(CC1)OCc1ccccc12. The molecule has 1 aromatic heterocycles. The lowest BCUT2D eigenvalue weighted by molar-refractivity contribution is -0.0741. The summed E-state index contributed by atoms with van der Waals surface area (Å²) >= 11 is 0. The Morgan fingerprint density at radius 2 is 2.00 bits per heavy atom. The fraction of sp³-hybridized carbons (Fsp3) is 0.300. The van der Waals surface area contributed by atoms with Gasteiger partial charge in [-0.3, -0.25) is 4.79 Å². The van der Waals surface area contributed by atoms with Gasteiger partial charge in [0.25, 0.3) is 11.9 Å². The van der Waals surface area contributed by atoms with Crippen molar-refractivity contribution >= 4 is 17.5 Å². The molecule has 2 aliphatic heterocycles. The molecule has 0 bridgehead atoms. The minimum atomic E-state index is -0.241. The molecular formula is C20H20N6O2. The maximum absolute atomic E-state index is 13.0. The third-order valence-corrected chi connectivity index (χ3v) is 5.58. The Bertz CT molecular complexity index is 995. The molecule has 0 unspecified atom stereocenters. The fourth-order valence-corrected chi connectivity index (χ4v) is 4.13. The second kappa shape index (κ2) is 6.72.